The minimum absolute atomic E-state index is 0.0589. The van der Waals surface area contributed by atoms with Gasteiger partial charge in [-0.1, -0.05) is 31.1 Å². The number of hydrogen-bond donors (Lipinski definition) is 1. The molecule has 0 saturated heterocycles. The second kappa shape index (κ2) is 7.46. The van der Waals surface area contributed by atoms with Crippen LogP contribution in [0.1, 0.15) is 49.9 Å². The number of hydrogen-bond acceptors (Lipinski definition) is 4. The van der Waals surface area contributed by atoms with Crippen molar-refractivity contribution in [1.82, 2.24) is 10.1 Å². The van der Waals surface area contributed by atoms with Gasteiger partial charge in [-0.25, -0.2) is 0 Å². The van der Waals surface area contributed by atoms with Crippen LogP contribution in [-0.4, -0.2) is 16.0 Å². The third-order valence-electron chi connectivity index (χ3n) is 3.38. The molecule has 2 aromatic rings. The van der Waals surface area contributed by atoms with Gasteiger partial charge in [0.05, 0.1) is 0 Å². The highest BCUT2D eigenvalue weighted by atomic mass is 19.4. The molecular weight excluding hydrogens is 323 g/mol. The second-order valence-electron chi connectivity index (χ2n) is 5.69. The molecule has 1 aromatic carbocycles. The zero-order chi connectivity index (χ0) is 17.7. The fourth-order valence-corrected chi connectivity index (χ4v) is 2.05. The van der Waals surface area contributed by atoms with Crippen LogP contribution in [0.15, 0.2) is 28.8 Å². The van der Waals surface area contributed by atoms with Crippen molar-refractivity contribution in [2.45, 2.75) is 45.2 Å². The topological polar surface area (TPSA) is 68.0 Å². The highest BCUT2D eigenvalue weighted by molar-refractivity contribution is 5.90. The number of carbonyl (C=O) groups is 1. The molecule has 8 heteroatoms. The molecule has 24 heavy (non-hydrogen) atoms. The third-order valence-corrected chi connectivity index (χ3v) is 3.38. The molecule has 0 atom stereocenters. The lowest BCUT2D eigenvalue weighted by Gasteiger charge is -2.08. The van der Waals surface area contributed by atoms with Gasteiger partial charge in [-0.2, -0.15) is 18.2 Å². The van der Waals surface area contributed by atoms with Gasteiger partial charge in [0, 0.05) is 18.5 Å². The smallest absolute Gasteiger partial charge is 0.329 e. The molecular formula is C16H18F3N3O2. The zero-order valence-corrected chi connectivity index (χ0v) is 13.4. The molecule has 0 spiro atoms. The number of rotatable bonds is 6. The molecule has 1 N–H and O–H groups in total. The van der Waals surface area contributed by atoms with Crippen LogP contribution in [0.3, 0.4) is 0 Å². The molecule has 5 nitrogen and oxygen atoms in total. The number of benzene rings is 1. The Morgan fingerprint density at radius 1 is 1.25 bits per heavy atom. The maximum atomic E-state index is 12.3. The van der Waals surface area contributed by atoms with Gasteiger partial charge < -0.3 is 9.84 Å². The minimum Gasteiger partial charge on any atom is -0.329 e. The summed E-state index contributed by atoms with van der Waals surface area (Å²) >= 11 is 0. The van der Waals surface area contributed by atoms with Crippen molar-refractivity contribution in [1.29, 1.82) is 0 Å². The number of aryl methyl sites for hydroxylation is 1. The van der Waals surface area contributed by atoms with Crippen molar-refractivity contribution in [3.05, 3.63) is 41.5 Å². The third kappa shape index (κ3) is 5.07. The normalized spacial score (nSPS) is 11.8. The van der Waals surface area contributed by atoms with Gasteiger partial charge >= 0.3 is 12.1 Å². The van der Waals surface area contributed by atoms with Crippen molar-refractivity contribution in [3.8, 4) is 0 Å². The van der Waals surface area contributed by atoms with E-state index in [4.69, 9.17) is 0 Å². The maximum Gasteiger partial charge on any atom is 0.471 e. The average Bonchev–Trinajstić information content (AvgIpc) is 2.97. The summed E-state index contributed by atoms with van der Waals surface area (Å²) in [4.78, 5) is 15.1. The van der Waals surface area contributed by atoms with Crippen molar-refractivity contribution >= 4 is 11.6 Å². The van der Waals surface area contributed by atoms with Crippen LogP contribution in [0.2, 0.25) is 0 Å². The van der Waals surface area contributed by atoms with Crippen molar-refractivity contribution in [2.75, 3.05) is 5.32 Å². The number of aromatic nitrogens is 2. The molecule has 1 aromatic heterocycles. The summed E-state index contributed by atoms with van der Waals surface area (Å²) in [6.45, 7) is 4.16. The summed E-state index contributed by atoms with van der Waals surface area (Å²) in [5, 5.41) is 5.99. The maximum absolute atomic E-state index is 12.3. The zero-order valence-electron chi connectivity index (χ0n) is 13.4. The van der Waals surface area contributed by atoms with Crippen molar-refractivity contribution in [2.24, 2.45) is 0 Å². The molecule has 0 saturated carbocycles. The monoisotopic (exact) mass is 341 g/mol. The Bertz CT molecular complexity index is 679. The van der Waals surface area contributed by atoms with E-state index in [1.165, 1.54) is 5.56 Å². The van der Waals surface area contributed by atoms with Crippen LogP contribution in [0.4, 0.5) is 18.9 Å². The number of amides is 1. The molecule has 0 aliphatic carbocycles. The summed E-state index contributed by atoms with van der Waals surface area (Å²) < 4.78 is 41.1. The molecule has 0 unspecified atom stereocenters. The van der Waals surface area contributed by atoms with Gasteiger partial charge in [-0.05, 0) is 30.0 Å². The lowest BCUT2D eigenvalue weighted by atomic mass is 10.0. The summed E-state index contributed by atoms with van der Waals surface area (Å²) in [5.74, 6) is -1.23. The molecule has 2 rings (SSSR count). The SMILES string of the molecule is CC(C)c1ccc(NC(=O)CCCc2noc(C(F)(F)F)n2)cc1. The fourth-order valence-electron chi connectivity index (χ4n) is 2.05. The largest absolute Gasteiger partial charge is 0.471 e. The minimum atomic E-state index is -4.65. The Morgan fingerprint density at radius 3 is 2.46 bits per heavy atom. The highest BCUT2D eigenvalue weighted by Gasteiger charge is 2.38. The molecule has 0 radical (unpaired) electrons. The molecule has 130 valence electrons. The van der Waals surface area contributed by atoms with E-state index < -0.39 is 12.1 Å². The molecule has 1 amide bonds. The number of alkyl halides is 3. The van der Waals surface area contributed by atoms with Crippen LogP contribution in [0.25, 0.3) is 0 Å². The van der Waals surface area contributed by atoms with Crippen LogP contribution in [-0.2, 0) is 17.4 Å². The summed E-state index contributed by atoms with van der Waals surface area (Å²) in [7, 11) is 0. The van der Waals surface area contributed by atoms with E-state index in [2.05, 4.69) is 33.8 Å². The first-order valence-electron chi connectivity index (χ1n) is 7.55. The Labute approximate surface area is 137 Å². The lowest BCUT2D eigenvalue weighted by molar-refractivity contribution is -0.159. The fraction of sp³-hybridized carbons (Fsp3) is 0.438. The summed E-state index contributed by atoms with van der Waals surface area (Å²) in [5.41, 5.74) is 1.86. The van der Waals surface area contributed by atoms with E-state index in [1.54, 1.807) is 0 Å². The van der Waals surface area contributed by atoms with Crippen LogP contribution in [0, 0.1) is 0 Å². The molecule has 0 aliphatic rings. The molecule has 1 heterocycles. The molecule has 0 bridgehead atoms. The molecule has 0 fully saturated rings. The number of halogens is 3. The summed E-state index contributed by atoms with van der Waals surface area (Å²) in [6, 6.07) is 7.53. The van der Waals surface area contributed by atoms with Crippen LogP contribution >= 0.6 is 0 Å². The van der Waals surface area contributed by atoms with E-state index in [0.717, 1.165) is 0 Å². The predicted molar refractivity (Wildman–Crippen MR) is 81.4 cm³/mol. The van der Waals surface area contributed by atoms with Crippen LogP contribution < -0.4 is 5.32 Å². The first-order valence-corrected chi connectivity index (χ1v) is 7.55. The predicted octanol–water partition coefficient (Wildman–Crippen LogP) is 4.17. The Morgan fingerprint density at radius 2 is 1.92 bits per heavy atom. The first-order chi connectivity index (χ1) is 11.3. The van der Waals surface area contributed by atoms with E-state index in [1.807, 2.05) is 24.3 Å². The Hall–Kier alpha value is -2.38. The molecule has 0 aliphatic heterocycles. The Balaban J connectivity index is 1.78. The van der Waals surface area contributed by atoms with Crippen molar-refractivity contribution < 1.29 is 22.5 Å². The van der Waals surface area contributed by atoms with Crippen molar-refractivity contribution in [3.63, 3.8) is 0 Å². The number of nitrogens with zero attached hydrogens (tertiary/aromatic N) is 2. The van der Waals surface area contributed by atoms with E-state index in [-0.39, 0.29) is 24.6 Å². The van der Waals surface area contributed by atoms with E-state index in [9.17, 15) is 18.0 Å². The van der Waals surface area contributed by atoms with Gasteiger partial charge in [-0.15, -0.1) is 0 Å². The van der Waals surface area contributed by atoms with Gasteiger partial charge in [0.1, 0.15) is 0 Å². The first kappa shape index (κ1) is 18.0. The van der Waals surface area contributed by atoms with Gasteiger partial charge in [-0.3, -0.25) is 4.79 Å². The number of anilines is 1. The average molecular weight is 341 g/mol. The van der Waals surface area contributed by atoms with Crippen LogP contribution in [0.5, 0.6) is 0 Å². The quantitative estimate of drug-likeness (QED) is 0.856. The van der Waals surface area contributed by atoms with Gasteiger partial charge in [0.15, 0.2) is 5.82 Å². The standard InChI is InChI=1S/C16H18F3N3O2/c1-10(2)11-6-8-12(9-7-11)20-14(23)5-3-4-13-21-15(24-22-13)16(17,18)19/h6-10H,3-5H2,1-2H3,(H,20,23). The van der Waals surface area contributed by atoms with E-state index in [0.29, 0.717) is 18.0 Å². The number of nitrogens with one attached hydrogen (secondary N) is 1. The lowest BCUT2D eigenvalue weighted by Crippen LogP contribution is -2.11. The second-order valence-corrected chi connectivity index (χ2v) is 5.69. The van der Waals surface area contributed by atoms with Gasteiger partial charge in [0.2, 0.25) is 5.91 Å². The highest BCUT2D eigenvalue weighted by Crippen LogP contribution is 2.27. The number of carbonyl (C=O) groups excluding carboxylic acids is 1. The van der Waals surface area contributed by atoms with Gasteiger partial charge in [0.25, 0.3) is 0 Å². The Kier molecular flexibility index (Phi) is 5.58. The van der Waals surface area contributed by atoms with E-state index >= 15 is 0 Å². The summed E-state index contributed by atoms with van der Waals surface area (Å²) in [6.07, 6.45) is -4.03.